The molecule has 0 aromatic heterocycles. The molecule has 0 aliphatic heterocycles. The molecule has 0 fully saturated rings. The van der Waals surface area contributed by atoms with E-state index in [9.17, 15) is 9.50 Å². The molecule has 2 nitrogen and oxygen atoms in total. The molecular formula is C12H17FO2. The molecular weight excluding hydrogens is 195 g/mol. The van der Waals surface area contributed by atoms with Crippen LogP contribution in [0.4, 0.5) is 4.39 Å². The van der Waals surface area contributed by atoms with Crippen LogP contribution >= 0.6 is 0 Å². The molecule has 84 valence electrons. The van der Waals surface area contributed by atoms with Crippen molar-refractivity contribution in [2.75, 3.05) is 13.7 Å². The van der Waals surface area contributed by atoms with Gasteiger partial charge >= 0.3 is 0 Å². The van der Waals surface area contributed by atoms with E-state index in [0.717, 1.165) is 5.56 Å². The maximum absolute atomic E-state index is 13.5. The summed E-state index contributed by atoms with van der Waals surface area (Å²) in [6, 6.07) is 4.85. The van der Waals surface area contributed by atoms with Crippen molar-refractivity contribution in [3.63, 3.8) is 0 Å². The highest BCUT2D eigenvalue weighted by Crippen LogP contribution is 2.26. The van der Waals surface area contributed by atoms with Gasteiger partial charge in [0.05, 0.1) is 13.2 Å². The normalized spacial score (nSPS) is 11.8. The van der Waals surface area contributed by atoms with Gasteiger partial charge < -0.3 is 9.84 Å². The van der Waals surface area contributed by atoms with Crippen LogP contribution in [0.3, 0.4) is 0 Å². The number of hydrogen-bond acceptors (Lipinski definition) is 2. The number of aliphatic hydroxyl groups excluding tert-OH is 1. The van der Waals surface area contributed by atoms with Crippen molar-refractivity contribution in [3.8, 4) is 0 Å². The standard InChI is InChI=1S/C12H17FO2/c1-12(2,8-14)10-6-9(7-15-3)4-5-11(10)13/h4-6,14H,7-8H2,1-3H3. The van der Waals surface area contributed by atoms with Crippen molar-refractivity contribution in [1.29, 1.82) is 0 Å². The summed E-state index contributed by atoms with van der Waals surface area (Å²) in [7, 11) is 1.60. The SMILES string of the molecule is COCc1ccc(F)c(C(C)(C)CO)c1. The molecule has 0 aliphatic carbocycles. The van der Waals surface area contributed by atoms with Gasteiger partial charge in [-0.25, -0.2) is 4.39 Å². The molecule has 0 atom stereocenters. The Hall–Kier alpha value is -0.930. The van der Waals surface area contributed by atoms with Gasteiger partial charge in [-0.15, -0.1) is 0 Å². The van der Waals surface area contributed by atoms with Gasteiger partial charge in [-0.3, -0.25) is 0 Å². The minimum atomic E-state index is -0.562. The molecule has 0 saturated carbocycles. The summed E-state index contributed by atoms with van der Waals surface area (Å²) in [5, 5.41) is 9.19. The molecule has 0 aliphatic rings. The lowest BCUT2D eigenvalue weighted by molar-refractivity contribution is 0.184. The Morgan fingerprint density at radius 1 is 1.40 bits per heavy atom. The van der Waals surface area contributed by atoms with Crippen LogP contribution in [0.5, 0.6) is 0 Å². The largest absolute Gasteiger partial charge is 0.395 e. The Bertz CT molecular complexity index is 334. The van der Waals surface area contributed by atoms with Crippen LogP contribution in [0.15, 0.2) is 18.2 Å². The smallest absolute Gasteiger partial charge is 0.127 e. The van der Waals surface area contributed by atoms with E-state index in [-0.39, 0.29) is 12.4 Å². The molecule has 0 unspecified atom stereocenters. The highest BCUT2D eigenvalue weighted by molar-refractivity contribution is 5.30. The maximum Gasteiger partial charge on any atom is 0.127 e. The number of ether oxygens (including phenoxy) is 1. The Morgan fingerprint density at radius 3 is 2.60 bits per heavy atom. The van der Waals surface area contributed by atoms with Crippen LogP contribution < -0.4 is 0 Å². The van der Waals surface area contributed by atoms with Crippen molar-refractivity contribution < 1.29 is 14.2 Å². The Labute approximate surface area is 89.7 Å². The second-order valence-corrected chi connectivity index (χ2v) is 4.29. The van der Waals surface area contributed by atoms with Crippen molar-refractivity contribution in [1.82, 2.24) is 0 Å². The molecule has 1 N–H and O–H groups in total. The van der Waals surface area contributed by atoms with Crippen LogP contribution in [0, 0.1) is 5.82 Å². The summed E-state index contributed by atoms with van der Waals surface area (Å²) >= 11 is 0. The van der Waals surface area contributed by atoms with Crippen LogP contribution in [-0.4, -0.2) is 18.8 Å². The number of rotatable bonds is 4. The zero-order chi connectivity index (χ0) is 11.5. The van der Waals surface area contributed by atoms with Gasteiger partial charge in [0.25, 0.3) is 0 Å². The first kappa shape index (κ1) is 12.1. The van der Waals surface area contributed by atoms with Crippen molar-refractivity contribution in [2.24, 2.45) is 0 Å². The second kappa shape index (κ2) is 4.73. The third kappa shape index (κ3) is 2.76. The summed E-state index contributed by atoms with van der Waals surface area (Å²) in [4.78, 5) is 0. The molecule has 0 radical (unpaired) electrons. The lowest BCUT2D eigenvalue weighted by Crippen LogP contribution is -2.23. The Balaban J connectivity index is 3.10. The highest BCUT2D eigenvalue weighted by atomic mass is 19.1. The topological polar surface area (TPSA) is 29.5 Å². The fourth-order valence-electron chi connectivity index (χ4n) is 1.43. The molecule has 3 heteroatoms. The quantitative estimate of drug-likeness (QED) is 0.829. The monoisotopic (exact) mass is 212 g/mol. The van der Waals surface area contributed by atoms with Crippen molar-refractivity contribution in [3.05, 3.63) is 35.1 Å². The molecule has 0 heterocycles. The van der Waals surface area contributed by atoms with E-state index in [4.69, 9.17) is 4.74 Å². The van der Waals surface area contributed by atoms with Gasteiger partial charge in [0, 0.05) is 12.5 Å². The number of halogens is 1. The summed E-state index contributed by atoms with van der Waals surface area (Å²) in [5.41, 5.74) is 0.878. The van der Waals surface area contributed by atoms with Crippen LogP contribution in [0.25, 0.3) is 0 Å². The molecule has 0 bridgehead atoms. The van der Waals surface area contributed by atoms with Gasteiger partial charge in [-0.2, -0.15) is 0 Å². The van der Waals surface area contributed by atoms with Crippen LogP contribution in [0.2, 0.25) is 0 Å². The fourth-order valence-corrected chi connectivity index (χ4v) is 1.43. The molecule has 0 saturated heterocycles. The zero-order valence-electron chi connectivity index (χ0n) is 9.38. The van der Waals surface area contributed by atoms with Crippen LogP contribution in [-0.2, 0) is 16.8 Å². The molecule has 0 spiro atoms. The first-order valence-electron chi connectivity index (χ1n) is 4.90. The molecule has 1 aromatic carbocycles. The first-order chi connectivity index (χ1) is 7.01. The van der Waals surface area contributed by atoms with E-state index in [1.807, 2.05) is 13.8 Å². The Morgan fingerprint density at radius 2 is 2.07 bits per heavy atom. The lowest BCUT2D eigenvalue weighted by Gasteiger charge is -2.23. The average molecular weight is 212 g/mol. The third-order valence-electron chi connectivity index (χ3n) is 2.47. The van der Waals surface area contributed by atoms with Crippen LogP contribution in [0.1, 0.15) is 25.0 Å². The predicted molar refractivity (Wildman–Crippen MR) is 57.2 cm³/mol. The minimum absolute atomic E-state index is 0.0830. The van der Waals surface area contributed by atoms with E-state index < -0.39 is 5.41 Å². The summed E-state index contributed by atoms with van der Waals surface area (Å²) in [6.45, 7) is 3.99. The fraction of sp³-hybridized carbons (Fsp3) is 0.500. The average Bonchev–Trinajstić information content (AvgIpc) is 2.21. The number of hydrogen-bond donors (Lipinski definition) is 1. The molecule has 1 rings (SSSR count). The number of benzene rings is 1. The van der Waals surface area contributed by atoms with Crippen molar-refractivity contribution >= 4 is 0 Å². The van der Waals surface area contributed by atoms with E-state index in [1.165, 1.54) is 6.07 Å². The van der Waals surface area contributed by atoms with Gasteiger partial charge in [0.15, 0.2) is 0 Å². The second-order valence-electron chi connectivity index (χ2n) is 4.29. The third-order valence-corrected chi connectivity index (χ3v) is 2.47. The summed E-state index contributed by atoms with van der Waals surface area (Å²) < 4.78 is 18.5. The van der Waals surface area contributed by atoms with E-state index in [0.29, 0.717) is 12.2 Å². The van der Waals surface area contributed by atoms with Crippen molar-refractivity contribution in [2.45, 2.75) is 25.9 Å². The maximum atomic E-state index is 13.5. The molecule has 15 heavy (non-hydrogen) atoms. The molecule has 1 aromatic rings. The predicted octanol–water partition coefficient (Wildman–Crippen LogP) is 2.24. The summed E-state index contributed by atoms with van der Waals surface area (Å²) in [5.74, 6) is -0.283. The number of aliphatic hydroxyl groups is 1. The molecule has 0 amide bonds. The van der Waals surface area contributed by atoms with Gasteiger partial charge in [0.2, 0.25) is 0 Å². The summed E-state index contributed by atoms with van der Waals surface area (Å²) in [6.07, 6.45) is 0. The van der Waals surface area contributed by atoms with Gasteiger partial charge in [-0.1, -0.05) is 19.9 Å². The highest BCUT2D eigenvalue weighted by Gasteiger charge is 2.23. The Kier molecular flexibility index (Phi) is 3.83. The number of methoxy groups -OCH3 is 1. The minimum Gasteiger partial charge on any atom is -0.395 e. The van der Waals surface area contributed by atoms with Gasteiger partial charge in [0.1, 0.15) is 5.82 Å². The van der Waals surface area contributed by atoms with E-state index in [1.54, 1.807) is 19.2 Å². The van der Waals surface area contributed by atoms with E-state index >= 15 is 0 Å². The lowest BCUT2D eigenvalue weighted by atomic mass is 9.84. The van der Waals surface area contributed by atoms with Gasteiger partial charge in [-0.05, 0) is 23.3 Å². The first-order valence-corrected chi connectivity index (χ1v) is 4.90. The zero-order valence-corrected chi connectivity index (χ0v) is 9.38. The van der Waals surface area contributed by atoms with E-state index in [2.05, 4.69) is 0 Å².